The summed E-state index contributed by atoms with van der Waals surface area (Å²) in [5, 5.41) is 17.0. The summed E-state index contributed by atoms with van der Waals surface area (Å²) in [5.41, 5.74) is 2.06. The van der Waals surface area contributed by atoms with Crippen LogP contribution >= 0.6 is 0 Å². The quantitative estimate of drug-likeness (QED) is 0.386. The molecule has 2 heteroatoms. The molecule has 0 aromatic carbocycles. The van der Waals surface area contributed by atoms with Gasteiger partial charge in [-0.05, 0) is 37.5 Å². The summed E-state index contributed by atoms with van der Waals surface area (Å²) in [6, 6.07) is 0. The molecule has 0 bridgehead atoms. The second kappa shape index (κ2) is 7.22. The Kier molecular flexibility index (Phi) is 6.42. The van der Waals surface area contributed by atoms with Gasteiger partial charge in [0.25, 0.3) is 0 Å². The van der Waals surface area contributed by atoms with Crippen molar-refractivity contribution in [2.24, 2.45) is 0 Å². The number of allylic oxidation sites excluding steroid dienone is 5. The Morgan fingerprint density at radius 3 is 2.38 bits per heavy atom. The second-order valence-corrected chi connectivity index (χ2v) is 2.86. The van der Waals surface area contributed by atoms with Crippen molar-refractivity contribution in [2.75, 3.05) is 0 Å². The lowest BCUT2D eigenvalue weighted by Crippen LogP contribution is -1.81. The van der Waals surface area contributed by atoms with Gasteiger partial charge in [-0.25, -0.2) is 0 Å². The standard InChI is InChI=1S/C11H16O2/c1-10(2)5-6-11(7-9-13)4-3-8-12/h3-4,7-9,12-13H,1,5-6H2,2H3/b8-3+,9-7+,11-4-. The zero-order valence-electron chi connectivity index (χ0n) is 7.90. The normalized spacial score (nSPS) is 12.8. The van der Waals surface area contributed by atoms with Gasteiger partial charge in [0, 0.05) is 0 Å². The summed E-state index contributed by atoms with van der Waals surface area (Å²) in [7, 11) is 0. The summed E-state index contributed by atoms with van der Waals surface area (Å²) in [6.07, 6.45) is 8.53. The Morgan fingerprint density at radius 2 is 1.92 bits per heavy atom. The molecule has 0 radical (unpaired) electrons. The number of hydrogen-bond donors (Lipinski definition) is 2. The molecule has 0 spiro atoms. The maximum Gasteiger partial charge on any atom is 0.0794 e. The van der Waals surface area contributed by atoms with E-state index in [1.54, 1.807) is 12.2 Å². The van der Waals surface area contributed by atoms with Gasteiger partial charge >= 0.3 is 0 Å². The molecule has 0 aliphatic heterocycles. The van der Waals surface area contributed by atoms with E-state index in [2.05, 4.69) is 6.58 Å². The largest absolute Gasteiger partial charge is 0.516 e. The van der Waals surface area contributed by atoms with Gasteiger partial charge in [0.1, 0.15) is 0 Å². The van der Waals surface area contributed by atoms with Crippen LogP contribution in [0, 0.1) is 0 Å². The Bertz CT molecular complexity index is 234. The first-order valence-corrected chi connectivity index (χ1v) is 4.15. The van der Waals surface area contributed by atoms with E-state index in [0.717, 1.165) is 36.5 Å². The van der Waals surface area contributed by atoms with Crippen LogP contribution in [0.15, 0.2) is 48.5 Å². The average molecular weight is 180 g/mol. The molecule has 0 aromatic heterocycles. The van der Waals surface area contributed by atoms with Gasteiger partial charge in [-0.1, -0.05) is 11.6 Å². The van der Waals surface area contributed by atoms with Crippen molar-refractivity contribution in [3.05, 3.63) is 48.5 Å². The molecule has 0 aliphatic carbocycles. The minimum Gasteiger partial charge on any atom is -0.516 e. The Morgan fingerprint density at radius 1 is 1.23 bits per heavy atom. The smallest absolute Gasteiger partial charge is 0.0794 e. The second-order valence-electron chi connectivity index (χ2n) is 2.86. The molecule has 0 aromatic rings. The molecule has 0 heterocycles. The molecule has 0 fully saturated rings. The van der Waals surface area contributed by atoms with Crippen molar-refractivity contribution in [1.82, 2.24) is 0 Å². The van der Waals surface area contributed by atoms with Crippen LogP contribution in [0.4, 0.5) is 0 Å². The van der Waals surface area contributed by atoms with Gasteiger partial charge in [0.15, 0.2) is 0 Å². The first-order valence-electron chi connectivity index (χ1n) is 4.15. The van der Waals surface area contributed by atoms with Gasteiger partial charge in [-0.15, -0.1) is 6.58 Å². The molecule has 0 saturated carbocycles. The van der Waals surface area contributed by atoms with E-state index < -0.39 is 0 Å². The fraction of sp³-hybridized carbons (Fsp3) is 0.273. The van der Waals surface area contributed by atoms with Gasteiger partial charge in [0.2, 0.25) is 0 Å². The van der Waals surface area contributed by atoms with Crippen molar-refractivity contribution in [1.29, 1.82) is 0 Å². The van der Waals surface area contributed by atoms with Crippen molar-refractivity contribution in [3.8, 4) is 0 Å². The van der Waals surface area contributed by atoms with Gasteiger partial charge < -0.3 is 10.2 Å². The van der Waals surface area contributed by atoms with E-state index >= 15 is 0 Å². The predicted molar refractivity (Wildman–Crippen MR) is 55.7 cm³/mol. The van der Waals surface area contributed by atoms with Crippen LogP contribution in [0.1, 0.15) is 19.8 Å². The minimum atomic E-state index is 0.816. The van der Waals surface area contributed by atoms with Crippen LogP contribution in [0.2, 0.25) is 0 Å². The van der Waals surface area contributed by atoms with Gasteiger partial charge in [-0.2, -0.15) is 0 Å². The van der Waals surface area contributed by atoms with E-state index in [1.165, 1.54) is 6.08 Å². The van der Waals surface area contributed by atoms with Crippen LogP contribution in [-0.2, 0) is 0 Å². The summed E-state index contributed by atoms with van der Waals surface area (Å²) in [6.45, 7) is 5.75. The Labute approximate surface area is 79.2 Å². The third-order valence-electron chi connectivity index (χ3n) is 1.53. The van der Waals surface area contributed by atoms with Crippen LogP contribution in [0.5, 0.6) is 0 Å². The van der Waals surface area contributed by atoms with E-state index in [0.29, 0.717) is 0 Å². The Balaban J connectivity index is 4.17. The highest BCUT2D eigenvalue weighted by Crippen LogP contribution is 2.11. The fourth-order valence-electron chi connectivity index (χ4n) is 0.842. The van der Waals surface area contributed by atoms with Crippen LogP contribution in [-0.4, -0.2) is 10.2 Å². The van der Waals surface area contributed by atoms with Crippen molar-refractivity contribution in [2.45, 2.75) is 19.8 Å². The van der Waals surface area contributed by atoms with Gasteiger partial charge in [-0.3, -0.25) is 0 Å². The fourth-order valence-corrected chi connectivity index (χ4v) is 0.842. The lowest BCUT2D eigenvalue weighted by molar-refractivity contribution is 0.472. The van der Waals surface area contributed by atoms with Gasteiger partial charge in [0.05, 0.1) is 12.5 Å². The third-order valence-corrected chi connectivity index (χ3v) is 1.53. The monoisotopic (exact) mass is 180 g/mol. The molecule has 0 amide bonds. The molecule has 2 N–H and O–H groups in total. The van der Waals surface area contributed by atoms with Crippen LogP contribution in [0.3, 0.4) is 0 Å². The first-order chi connectivity index (χ1) is 6.20. The zero-order chi connectivity index (χ0) is 10.1. The van der Waals surface area contributed by atoms with Crippen LogP contribution < -0.4 is 0 Å². The molecule has 0 unspecified atom stereocenters. The highest BCUT2D eigenvalue weighted by molar-refractivity contribution is 5.23. The zero-order valence-corrected chi connectivity index (χ0v) is 7.90. The maximum atomic E-state index is 8.57. The Hall–Kier alpha value is -1.44. The molecule has 0 rings (SSSR count). The predicted octanol–water partition coefficient (Wildman–Crippen LogP) is 3.41. The van der Waals surface area contributed by atoms with Crippen molar-refractivity contribution >= 4 is 0 Å². The SMILES string of the molecule is C=C(C)CCC(=C/C=C/O)/C=C/O. The summed E-state index contributed by atoms with van der Waals surface area (Å²) >= 11 is 0. The molecule has 0 aliphatic rings. The highest BCUT2D eigenvalue weighted by Gasteiger charge is 1.92. The summed E-state index contributed by atoms with van der Waals surface area (Å²) < 4.78 is 0. The molecular weight excluding hydrogens is 164 g/mol. The molecule has 13 heavy (non-hydrogen) atoms. The molecule has 72 valence electrons. The van der Waals surface area contributed by atoms with Crippen molar-refractivity contribution in [3.63, 3.8) is 0 Å². The van der Waals surface area contributed by atoms with E-state index in [4.69, 9.17) is 10.2 Å². The lowest BCUT2D eigenvalue weighted by atomic mass is 10.1. The number of aliphatic hydroxyl groups is 2. The number of hydrogen-bond acceptors (Lipinski definition) is 2. The number of rotatable bonds is 5. The summed E-state index contributed by atoms with van der Waals surface area (Å²) in [5.74, 6) is 0. The van der Waals surface area contributed by atoms with E-state index in [-0.39, 0.29) is 0 Å². The van der Waals surface area contributed by atoms with Crippen molar-refractivity contribution < 1.29 is 10.2 Å². The first kappa shape index (κ1) is 11.6. The molecule has 0 saturated heterocycles. The molecular formula is C11H16O2. The maximum absolute atomic E-state index is 8.57. The average Bonchev–Trinajstić information content (AvgIpc) is 2.09. The number of aliphatic hydroxyl groups excluding tert-OH is 2. The third kappa shape index (κ3) is 6.94. The van der Waals surface area contributed by atoms with E-state index in [9.17, 15) is 0 Å². The van der Waals surface area contributed by atoms with E-state index in [1.807, 2.05) is 6.92 Å². The van der Waals surface area contributed by atoms with Crippen LogP contribution in [0.25, 0.3) is 0 Å². The lowest BCUT2D eigenvalue weighted by Gasteiger charge is -1.99. The molecule has 2 nitrogen and oxygen atoms in total. The topological polar surface area (TPSA) is 40.5 Å². The highest BCUT2D eigenvalue weighted by atomic mass is 16.2. The summed E-state index contributed by atoms with van der Waals surface area (Å²) in [4.78, 5) is 0. The minimum absolute atomic E-state index is 0.816. The molecule has 0 atom stereocenters.